The summed E-state index contributed by atoms with van der Waals surface area (Å²) >= 11 is 11.6. The van der Waals surface area contributed by atoms with E-state index in [0.29, 0.717) is 6.42 Å². The molecule has 0 unspecified atom stereocenters. The van der Waals surface area contributed by atoms with E-state index in [2.05, 4.69) is 11.6 Å². The first kappa shape index (κ1) is 21.1. The van der Waals surface area contributed by atoms with Crippen LogP contribution in [0.1, 0.15) is 62.2 Å². The second-order valence-corrected chi connectivity index (χ2v) is 8.26. The first-order chi connectivity index (χ1) is 11.3. The highest BCUT2D eigenvalue weighted by molar-refractivity contribution is 7.92. The normalized spacial score (nSPS) is 11.5. The zero-order chi connectivity index (χ0) is 18.2. The Labute approximate surface area is 153 Å². The molecule has 2 N–H and O–H groups in total. The zero-order valence-corrected chi connectivity index (χ0v) is 16.0. The largest absolute Gasteiger partial charge is 0.478 e. The Bertz CT molecular complexity index is 662. The molecule has 8 heteroatoms. The lowest BCUT2D eigenvalue weighted by Gasteiger charge is -2.12. The Morgan fingerprint density at radius 3 is 2.25 bits per heavy atom. The third-order valence-electron chi connectivity index (χ3n) is 3.59. The van der Waals surface area contributed by atoms with Crippen LogP contribution in [0.5, 0.6) is 0 Å². The number of carbonyl (C=O) groups is 1. The number of unbranched alkanes of at least 4 members (excludes halogenated alkanes) is 6. The maximum absolute atomic E-state index is 12.1. The summed E-state index contributed by atoms with van der Waals surface area (Å²) in [6, 6.07) is 2.67. The predicted octanol–water partition coefficient (Wildman–Crippen LogP) is 5.18. The molecule has 0 atom stereocenters. The van der Waals surface area contributed by atoms with Gasteiger partial charge >= 0.3 is 5.97 Å². The first-order valence-corrected chi connectivity index (χ1v) is 10.4. The smallest absolute Gasteiger partial charge is 0.339 e. The predicted molar refractivity (Wildman–Crippen MR) is 98.8 cm³/mol. The standard InChI is InChI=1S/C16H23Cl2NO4S/c1-2-3-4-5-6-7-8-11-24(22,23)19-13-10-9-12(17)15(18)14(13)16(20)21/h9-10,19H,2-8,11H2,1H3,(H,20,21). The Morgan fingerprint density at radius 2 is 1.67 bits per heavy atom. The van der Waals surface area contributed by atoms with Crippen LogP contribution in [0.15, 0.2) is 12.1 Å². The molecule has 0 aliphatic heterocycles. The molecule has 0 spiro atoms. The number of carboxylic acid groups (broad SMARTS) is 1. The van der Waals surface area contributed by atoms with Gasteiger partial charge in [-0.05, 0) is 18.6 Å². The van der Waals surface area contributed by atoms with E-state index < -0.39 is 16.0 Å². The van der Waals surface area contributed by atoms with E-state index in [9.17, 15) is 18.3 Å². The molecule has 0 saturated carbocycles. The molecule has 0 fully saturated rings. The van der Waals surface area contributed by atoms with Crippen molar-refractivity contribution >= 4 is 44.9 Å². The highest BCUT2D eigenvalue weighted by atomic mass is 35.5. The van der Waals surface area contributed by atoms with Crippen LogP contribution in [0.25, 0.3) is 0 Å². The number of rotatable bonds is 11. The van der Waals surface area contributed by atoms with Crippen molar-refractivity contribution in [3.63, 3.8) is 0 Å². The first-order valence-electron chi connectivity index (χ1n) is 8.00. The minimum Gasteiger partial charge on any atom is -0.478 e. The van der Waals surface area contributed by atoms with Crippen molar-refractivity contribution in [3.05, 3.63) is 27.7 Å². The summed E-state index contributed by atoms with van der Waals surface area (Å²) in [5.41, 5.74) is -0.410. The van der Waals surface area contributed by atoms with Gasteiger partial charge in [-0.2, -0.15) is 0 Å². The maximum Gasteiger partial charge on any atom is 0.339 e. The molecule has 0 heterocycles. The van der Waals surface area contributed by atoms with Gasteiger partial charge in [-0.1, -0.05) is 68.7 Å². The van der Waals surface area contributed by atoms with Gasteiger partial charge in [0.15, 0.2) is 0 Å². The number of benzene rings is 1. The zero-order valence-electron chi connectivity index (χ0n) is 13.6. The molecule has 0 amide bonds. The van der Waals surface area contributed by atoms with Crippen molar-refractivity contribution in [2.45, 2.75) is 51.9 Å². The molecule has 0 aromatic heterocycles. The van der Waals surface area contributed by atoms with Gasteiger partial charge in [0.25, 0.3) is 0 Å². The molecular formula is C16H23Cl2NO4S. The van der Waals surface area contributed by atoms with E-state index in [0.717, 1.165) is 19.3 Å². The molecule has 1 aromatic rings. The Morgan fingerprint density at radius 1 is 1.08 bits per heavy atom. The van der Waals surface area contributed by atoms with Crippen molar-refractivity contribution in [2.75, 3.05) is 10.5 Å². The lowest BCUT2D eigenvalue weighted by atomic mass is 10.1. The van der Waals surface area contributed by atoms with Crippen LogP contribution in [-0.4, -0.2) is 25.2 Å². The fraction of sp³-hybridized carbons (Fsp3) is 0.562. The molecule has 1 aromatic carbocycles. The minimum absolute atomic E-state index is 0.0555. The molecule has 24 heavy (non-hydrogen) atoms. The number of anilines is 1. The summed E-state index contributed by atoms with van der Waals surface area (Å²) in [6.07, 6.45) is 7.03. The van der Waals surface area contributed by atoms with Gasteiger partial charge in [-0.15, -0.1) is 0 Å². The lowest BCUT2D eigenvalue weighted by Crippen LogP contribution is -2.19. The van der Waals surface area contributed by atoms with Crippen molar-refractivity contribution < 1.29 is 18.3 Å². The van der Waals surface area contributed by atoms with Crippen molar-refractivity contribution in [3.8, 4) is 0 Å². The van der Waals surface area contributed by atoms with Gasteiger partial charge in [-0.3, -0.25) is 4.72 Å². The third-order valence-corrected chi connectivity index (χ3v) is 5.75. The Balaban J connectivity index is 2.62. The number of halogens is 2. The molecule has 0 aliphatic carbocycles. The molecule has 1 rings (SSSR count). The second-order valence-electron chi connectivity index (χ2n) is 5.63. The Hall–Kier alpha value is -0.980. The number of hydrogen-bond donors (Lipinski definition) is 2. The van der Waals surface area contributed by atoms with E-state index in [1.807, 2.05) is 0 Å². The topological polar surface area (TPSA) is 83.5 Å². The van der Waals surface area contributed by atoms with Gasteiger partial charge in [0, 0.05) is 0 Å². The number of hydrogen-bond acceptors (Lipinski definition) is 3. The van der Waals surface area contributed by atoms with Gasteiger partial charge in [0.1, 0.15) is 5.56 Å². The molecular weight excluding hydrogens is 373 g/mol. The van der Waals surface area contributed by atoms with Gasteiger partial charge < -0.3 is 5.11 Å². The van der Waals surface area contributed by atoms with E-state index in [1.165, 1.54) is 31.4 Å². The summed E-state index contributed by atoms with van der Waals surface area (Å²) in [5, 5.41) is 9.09. The summed E-state index contributed by atoms with van der Waals surface area (Å²) < 4.78 is 26.5. The number of sulfonamides is 1. The summed E-state index contributed by atoms with van der Waals surface area (Å²) in [6.45, 7) is 2.15. The van der Waals surface area contributed by atoms with E-state index >= 15 is 0 Å². The molecule has 0 bridgehead atoms. The van der Waals surface area contributed by atoms with E-state index in [1.54, 1.807) is 0 Å². The van der Waals surface area contributed by atoms with E-state index in [4.69, 9.17) is 23.2 Å². The van der Waals surface area contributed by atoms with Crippen LogP contribution in [0.3, 0.4) is 0 Å². The molecule has 0 saturated heterocycles. The number of nitrogens with one attached hydrogen (secondary N) is 1. The molecule has 0 aliphatic rings. The SMILES string of the molecule is CCCCCCCCCS(=O)(=O)Nc1ccc(Cl)c(Cl)c1C(=O)O. The van der Waals surface area contributed by atoms with Crippen molar-refractivity contribution in [1.29, 1.82) is 0 Å². The average molecular weight is 396 g/mol. The minimum atomic E-state index is -3.63. The van der Waals surface area contributed by atoms with Gasteiger partial charge in [-0.25, -0.2) is 13.2 Å². The second kappa shape index (κ2) is 10.1. The van der Waals surface area contributed by atoms with Crippen LogP contribution in [0, 0.1) is 0 Å². The lowest BCUT2D eigenvalue weighted by molar-refractivity contribution is 0.0698. The summed E-state index contributed by atoms with van der Waals surface area (Å²) in [4.78, 5) is 11.3. The molecule has 5 nitrogen and oxygen atoms in total. The van der Waals surface area contributed by atoms with Crippen molar-refractivity contribution in [2.24, 2.45) is 0 Å². The van der Waals surface area contributed by atoms with Crippen LogP contribution < -0.4 is 4.72 Å². The van der Waals surface area contributed by atoms with Gasteiger partial charge in [0.2, 0.25) is 10.0 Å². The fourth-order valence-corrected chi connectivity index (χ4v) is 3.91. The van der Waals surface area contributed by atoms with Crippen LogP contribution >= 0.6 is 23.2 Å². The monoisotopic (exact) mass is 395 g/mol. The van der Waals surface area contributed by atoms with Crippen LogP contribution in [0.4, 0.5) is 5.69 Å². The highest BCUT2D eigenvalue weighted by Crippen LogP contribution is 2.32. The fourth-order valence-electron chi connectivity index (χ4n) is 2.31. The van der Waals surface area contributed by atoms with Gasteiger partial charge in [0.05, 0.1) is 21.5 Å². The number of aromatic carboxylic acids is 1. The highest BCUT2D eigenvalue weighted by Gasteiger charge is 2.20. The summed E-state index contributed by atoms with van der Waals surface area (Å²) in [5.74, 6) is -1.39. The van der Waals surface area contributed by atoms with Crippen LogP contribution in [0.2, 0.25) is 10.0 Å². The maximum atomic E-state index is 12.1. The Kier molecular flexibility index (Phi) is 8.87. The molecule has 0 radical (unpaired) electrons. The van der Waals surface area contributed by atoms with Crippen molar-refractivity contribution in [1.82, 2.24) is 0 Å². The summed E-state index contributed by atoms with van der Waals surface area (Å²) in [7, 11) is -3.63. The van der Waals surface area contributed by atoms with E-state index in [-0.39, 0.29) is 27.0 Å². The third kappa shape index (κ3) is 6.87. The number of carboxylic acids is 1. The van der Waals surface area contributed by atoms with Crippen LogP contribution in [-0.2, 0) is 10.0 Å². The molecule has 136 valence electrons. The average Bonchev–Trinajstić information content (AvgIpc) is 2.49. The quantitative estimate of drug-likeness (QED) is 0.505.